The van der Waals surface area contributed by atoms with Gasteiger partial charge >= 0.3 is 0 Å². The Kier molecular flexibility index (Phi) is 2.47. The maximum atomic E-state index is 11.0. The van der Waals surface area contributed by atoms with Crippen molar-refractivity contribution in [2.45, 2.75) is 13.8 Å². The number of nitrogens with zero attached hydrogens (tertiary/aromatic N) is 3. The quantitative estimate of drug-likeness (QED) is 0.434. The molecule has 16 heavy (non-hydrogen) atoms. The first-order chi connectivity index (χ1) is 7.52. The highest BCUT2D eigenvalue weighted by molar-refractivity contribution is 6.34. The van der Waals surface area contributed by atoms with Gasteiger partial charge in [-0.1, -0.05) is 11.6 Å². The molecule has 0 atom stereocenters. The van der Waals surface area contributed by atoms with Crippen molar-refractivity contribution in [3.63, 3.8) is 0 Å². The largest absolute Gasteiger partial charge is 0.298 e. The molecule has 6 heteroatoms. The van der Waals surface area contributed by atoms with Crippen LogP contribution in [0.1, 0.15) is 11.1 Å². The molecule has 1 heterocycles. The first-order valence-corrected chi connectivity index (χ1v) is 4.95. The molecule has 0 aliphatic heterocycles. The number of aryl methyl sites for hydroxylation is 1. The normalized spacial score (nSPS) is 10.7. The molecule has 1 aromatic heterocycles. The number of fused-ring (bicyclic) bond motifs is 1. The van der Waals surface area contributed by atoms with Gasteiger partial charge in [0.25, 0.3) is 5.69 Å². The van der Waals surface area contributed by atoms with Crippen LogP contribution in [-0.2, 0) is 0 Å². The summed E-state index contributed by atoms with van der Waals surface area (Å²) in [5, 5.41) is 11.7. The summed E-state index contributed by atoms with van der Waals surface area (Å²) < 4.78 is 0. The standard InChI is InChI=1S/C10H8ClN3O2/c1-5-3-7-8(12-4-13-10(7)11)9(6(5)2)14(15)16/h3-4H,1-2H3. The van der Waals surface area contributed by atoms with Crippen LogP contribution in [0.4, 0.5) is 5.69 Å². The third kappa shape index (κ3) is 1.49. The van der Waals surface area contributed by atoms with E-state index < -0.39 is 4.92 Å². The number of halogens is 1. The predicted molar refractivity (Wildman–Crippen MR) is 60.7 cm³/mol. The minimum absolute atomic E-state index is 0.000648. The zero-order chi connectivity index (χ0) is 11.9. The molecule has 0 unspecified atom stereocenters. The Morgan fingerprint density at radius 3 is 2.69 bits per heavy atom. The van der Waals surface area contributed by atoms with Gasteiger partial charge in [-0.2, -0.15) is 0 Å². The Morgan fingerprint density at radius 2 is 2.06 bits per heavy atom. The summed E-state index contributed by atoms with van der Waals surface area (Å²) in [6, 6.07) is 1.76. The molecule has 0 amide bonds. The fourth-order valence-corrected chi connectivity index (χ4v) is 1.79. The Bertz CT molecular complexity index is 598. The van der Waals surface area contributed by atoms with Gasteiger partial charge in [0.1, 0.15) is 11.5 Å². The molecule has 0 fully saturated rings. The molecule has 0 N–H and O–H groups in total. The van der Waals surface area contributed by atoms with Crippen molar-refractivity contribution in [3.05, 3.63) is 38.8 Å². The molecule has 0 aliphatic carbocycles. The van der Waals surface area contributed by atoms with E-state index >= 15 is 0 Å². The van der Waals surface area contributed by atoms with E-state index in [9.17, 15) is 10.1 Å². The van der Waals surface area contributed by atoms with E-state index in [1.54, 1.807) is 19.9 Å². The van der Waals surface area contributed by atoms with Gasteiger partial charge in [0.15, 0.2) is 5.52 Å². The van der Waals surface area contributed by atoms with Crippen LogP contribution in [0.3, 0.4) is 0 Å². The first kappa shape index (κ1) is 10.8. The van der Waals surface area contributed by atoms with Crippen LogP contribution >= 0.6 is 11.6 Å². The maximum Gasteiger partial charge on any atom is 0.298 e. The molecule has 1 aromatic carbocycles. The van der Waals surface area contributed by atoms with Gasteiger partial charge in [0.2, 0.25) is 0 Å². The van der Waals surface area contributed by atoms with Crippen LogP contribution in [0.15, 0.2) is 12.4 Å². The van der Waals surface area contributed by atoms with Crippen LogP contribution < -0.4 is 0 Å². The number of hydrogen-bond donors (Lipinski definition) is 0. The van der Waals surface area contributed by atoms with E-state index in [1.807, 2.05) is 0 Å². The second kappa shape index (κ2) is 3.68. The van der Waals surface area contributed by atoms with Gasteiger partial charge in [-0.15, -0.1) is 0 Å². The molecule has 2 rings (SSSR count). The summed E-state index contributed by atoms with van der Waals surface area (Å²) in [5.41, 5.74) is 1.69. The zero-order valence-corrected chi connectivity index (χ0v) is 9.45. The molecule has 0 radical (unpaired) electrons. The summed E-state index contributed by atoms with van der Waals surface area (Å²) in [5.74, 6) is 0. The van der Waals surface area contributed by atoms with Gasteiger partial charge < -0.3 is 0 Å². The van der Waals surface area contributed by atoms with Crippen molar-refractivity contribution >= 4 is 28.2 Å². The zero-order valence-electron chi connectivity index (χ0n) is 8.69. The average Bonchev–Trinajstić information content (AvgIpc) is 2.21. The summed E-state index contributed by atoms with van der Waals surface area (Å²) >= 11 is 5.88. The highest BCUT2D eigenvalue weighted by Crippen LogP contribution is 2.32. The van der Waals surface area contributed by atoms with Crippen LogP contribution in [0.25, 0.3) is 10.9 Å². The van der Waals surface area contributed by atoms with Crippen molar-refractivity contribution in [2.75, 3.05) is 0 Å². The molecule has 0 aliphatic rings. The molecule has 5 nitrogen and oxygen atoms in total. The minimum Gasteiger partial charge on any atom is -0.258 e. The third-order valence-electron chi connectivity index (χ3n) is 2.55. The van der Waals surface area contributed by atoms with E-state index in [-0.39, 0.29) is 16.4 Å². The van der Waals surface area contributed by atoms with E-state index in [1.165, 1.54) is 6.33 Å². The highest BCUT2D eigenvalue weighted by Gasteiger charge is 2.20. The summed E-state index contributed by atoms with van der Waals surface area (Å²) in [7, 11) is 0. The first-order valence-electron chi connectivity index (χ1n) is 4.57. The third-order valence-corrected chi connectivity index (χ3v) is 2.85. The lowest BCUT2D eigenvalue weighted by Gasteiger charge is -2.05. The van der Waals surface area contributed by atoms with Crippen LogP contribution in [0.2, 0.25) is 5.15 Å². The van der Waals surface area contributed by atoms with Crippen molar-refractivity contribution in [1.29, 1.82) is 0 Å². The van der Waals surface area contributed by atoms with Crippen molar-refractivity contribution in [2.24, 2.45) is 0 Å². The van der Waals surface area contributed by atoms with Crippen molar-refractivity contribution in [3.8, 4) is 0 Å². The van der Waals surface area contributed by atoms with Crippen molar-refractivity contribution in [1.82, 2.24) is 9.97 Å². The second-order valence-corrected chi connectivity index (χ2v) is 3.84. The average molecular weight is 238 g/mol. The van der Waals surface area contributed by atoms with Crippen LogP contribution in [0, 0.1) is 24.0 Å². The molecule has 2 aromatic rings. The minimum atomic E-state index is -0.437. The Labute approximate surface area is 96.2 Å². The van der Waals surface area contributed by atoms with Crippen LogP contribution in [-0.4, -0.2) is 14.9 Å². The van der Waals surface area contributed by atoms with Crippen molar-refractivity contribution < 1.29 is 4.92 Å². The molecule has 0 saturated carbocycles. The van der Waals surface area contributed by atoms with E-state index in [4.69, 9.17) is 11.6 Å². The number of nitro groups is 1. The summed E-state index contributed by atoms with van der Waals surface area (Å²) in [6.07, 6.45) is 1.23. The topological polar surface area (TPSA) is 68.9 Å². The summed E-state index contributed by atoms with van der Waals surface area (Å²) in [4.78, 5) is 18.3. The number of aromatic nitrogens is 2. The fourth-order valence-electron chi connectivity index (χ4n) is 1.60. The maximum absolute atomic E-state index is 11.0. The lowest BCUT2D eigenvalue weighted by Crippen LogP contribution is -1.98. The smallest absolute Gasteiger partial charge is 0.258 e. The molecular weight excluding hydrogens is 230 g/mol. The Balaban J connectivity index is 3.00. The molecule has 82 valence electrons. The monoisotopic (exact) mass is 237 g/mol. The highest BCUT2D eigenvalue weighted by atomic mass is 35.5. The summed E-state index contributed by atoms with van der Waals surface area (Å²) in [6.45, 7) is 3.49. The van der Waals surface area contributed by atoms with E-state index in [2.05, 4.69) is 9.97 Å². The van der Waals surface area contributed by atoms with Gasteiger partial charge in [0, 0.05) is 10.9 Å². The van der Waals surface area contributed by atoms with Gasteiger partial charge in [0.05, 0.1) is 4.92 Å². The second-order valence-electron chi connectivity index (χ2n) is 3.48. The molecule has 0 saturated heterocycles. The number of nitro benzene ring substituents is 1. The Hall–Kier alpha value is -1.75. The molecular formula is C10H8ClN3O2. The molecule has 0 bridgehead atoms. The van der Waals surface area contributed by atoms with E-state index in [0.717, 1.165) is 5.56 Å². The number of hydrogen-bond acceptors (Lipinski definition) is 4. The number of rotatable bonds is 1. The molecule has 0 spiro atoms. The SMILES string of the molecule is Cc1cc2c(Cl)ncnc2c([N+](=O)[O-])c1C. The van der Waals surface area contributed by atoms with Gasteiger partial charge in [-0.25, -0.2) is 9.97 Å². The lowest BCUT2D eigenvalue weighted by atomic mass is 10.0. The Morgan fingerprint density at radius 1 is 1.38 bits per heavy atom. The predicted octanol–water partition coefficient (Wildman–Crippen LogP) is 2.81. The lowest BCUT2D eigenvalue weighted by molar-refractivity contribution is -0.383. The van der Waals surface area contributed by atoms with E-state index in [0.29, 0.717) is 10.9 Å². The van der Waals surface area contributed by atoms with Gasteiger partial charge in [-0.3, -0.25) is 10.1 Å². The van der Waals surface area contributed by atoms with Crippen LogP contribution in [0.5, 0.6) is 0 Å². The fraction of sp³-hybridized carbons (Fsp3) is 0.200. The number of benzene rings is 1. The van der Waals surface area contributed by atoms with Gasteiger partial charge in [-0.05, 0) is 25.5 Å².